The number of rotatable bonds is 7. The van der Waals surface area contributed by atoms with Gasteiger partial charge in [-0.25, -0.2) is 4.68 Å². The molecular formula is C19H26F3N5. The maximum Gasteiger partial charge on any atom is 0.416 e. The highest BCUT2D eigenvalue weighted by atomic mass is 19.4. The Morgan fingerprint density at radius 1 is 1.19 bits per heavy atom. The van der Waals surface area contributed by atoms with Crippen molar-refractivity contribution >= 4 is 0 Å². The molecule has 1 aromatic heterocycles. The molecule has 27 heavy (non-hydrogen) atoms. The average molecular weight is 381 g/mol. The Balaban J connectivity index is 1.47. The van der Waals surface area contributed by atoms with Gasteiger partial charge in [0.15, 0.2) is 0 Å². The van der Waals surface area contributed by atoms with Gasteiger partial charge >= 0.3 is 6.18 Å². The molecule has 148 valence electrons. The van der Waals surface area contributed by atoms with E-state index in [4.69, 9.17) is 0 Å². The van der Waals surface area contributed by atoms with Crippen LogP contribution < -0.4 is 0 Å². The Labute approximate surface area is 157 Å². The van der Waals surface area contributed by atoms with E-state index in [0.717, 1.165) is 57.7 Å². The zero-order chi connectivity index (χ0) is 19.3. The quantitative estimate of drug-likeness (QED) is 0.733. The molecule has 1 saturated heterocycles. The van der Waals surface area contributed by atoms with Gasteiger partial charge in [-0.15, -0.1) is 5.10 Å². The lowest BCUT2D eigenvalue weighted by molar-refractivity contribution is -0.138. The van der Waals surface area contributed by atoms with Crippen molar-refractivity contribution in [2.45, 2.75) is 51.7 Å². The minimum atomic E-state index is -4.27. The predicted molar refractivity (Wildman–Crippen MR) is 96.1 cm³/mol. The number of hydrogen-bond acceptors (Lipinski definition) is 4. The maximum absolute atomic E-state index is 13.1. The number of nitrogens with zero attached hydrogens (tertiary/aromatic N) is 5. The Bertz CT molecular complexity index is 728. The smallest absolute Gasteiger partial charge is 0.303 e. The minimum Gasteiger partial charge on any atom is -0.303 e. The van der Waals surface area contributed by atoms with Crippen LogP contribution in [0.3, 0.4) is 0 Å². The Morgan fingerprint density at radius 2 is 2.00 bits per heavy atom. The van der Waals surface area contributed by atoms with Crippen LogP contribution in [0.4, 0.5) is 13.2 Å². The third-order valence-corrected chi connectivity index (χ3v) is 5.30. The summed E-state index contributed by atoms with van der Waals surface area (Å²) in [5, 5.41) is 11.5. The van der Waals surface area contributed by atoms with Crippen molar-refractivity contribution in [2.24, 2.45) is 5.92 Å². The number of benzene rings is 1. The molecule has 1 fully saturated rings. The summed E-state index contributed by atoms with van der Waals surface area (Å²) >= 11 is 0. The molecule has 0 bridgehead atoms. The standard InChI is InChI=1S/C19H26F3N5/c1-15-23-24-25-27(15)13-5-12-26-11-4-6-16(14-26)9-10-17-7-2-3-8-18(17)19(20,21)22/h2-3,7-8,16H,4-6,9-14H2,1H3/t16-/m1/s1. The van der Waals surface area contributed by atoms with Crippen molar-refractivity contribution < 1.29 is 13.2 Å². The second kappa shape index (κ2) is 8.82. The molecule has 1 aliphatic rings. The Morgan fingerprint density at radius 3 is 2.74 bits per heavy atom. The van der Waals surface area contributed by atoms with Crippen LogP contribution in [0.15, 0.2) is 24.3 Å². The molecule has 3 rings (SSSR count). The molecule has 0 N–H and O–H groups in total. The van der Waals surface area contributed by atoms with Crippen molar-refractivity contribution in [1.29, 1.82) is 0 Å². The van der Waals surface area contributed by atoms with Crippen LogP contribution in [0.25, 0.3) is 0 Å². The Hall–Kier alpha value is -1.96. The second-order valence-electron chi connectivity index (χ2n) is 7.31. The number of alkyl halides is 3. The minimum absolute atomic E-state index is 0.413. The molecule has 5 nitrogen and oxygen atoms in total. The normalized spacial score (nSPS) is 18.7. The second-order valence-corrected chi connectivity index (χ2v) is 7.31. The molecule has 2 heterocycles. The third kappa shape index (κ3) is 5.51. The van der Waals surface area contributed by atoms with Gasteiger partial charge in [0, 0.05) is 13.1 Å². The topological polar surface area (TPSA) is 46.8 Å². The lowest BCUT2D eigenvalue weighted by atomic mass is 9.90. The van der Waals surface area contributed by atoms with Gasteiger partial charge in [0.25, 0.3) is 0 Å². The highest BCUT2D eigenvalue weighted by Crippen LogP contribution is 2.33. The summed E-state index contributed by atoms with van der Waals surface area (Å²) in [6.07, 6.45) is 0.180. The number of likely N-dealkylation sites (tertiary alicyclic amines) is 1. The van der Waals surface area contributed by atoms with Crippen molar-refractivity contribution in [3.8, 4) is 0 Å². The van der Waals surface area contributed by atoms with E-state index in [1.54, 1.807) is 16.8 Å². The fourth-order valence-electron chi connectivity index (χ4n) is 3.86. The molecule has 0 saturated carbocycles. The zero-order valence-corrected chi connectivity index (χ0v) is 15.6. The van der Waals surface area contributed by atoms with Gasteiger partial charge < -0.3 is 4.90 Å². The molecule has 1 aliphatic heterocycles. The van der Waals surface area contributed by atoms with Crippen molar-refractivity contribution in [3.63, 3.8) is 0 Å². The summed E-state index contributed by atoms with van der Waals surface area (Å²) in [6.45, 7) is 5.66. The van der Waals surface area contributed by atoms with E-state index in [9.17, 15) is 13.2 Å². The first kappa shape index (κ1) is 19.8. The van der Waals surface area contributed by atoms with Gasteiger partial charge in [-0.05, 0) is 80.1 Å². The molecule has 0 amide bonds. The highest BCUT2D eigenvalue weighted by Gasteiger charge is 2.33. The maximum atomic E-state index is 13.1. The lowest BCUT2D eigenvalue weighted by Crippen LogP contribution is -2.36. The van der Waals surface area contributed by atoms with E-state index in [-0.39, 0.29) is 0 Å². The van der Waals surface area contributed by atoms with Crippen LogP contribution in [-0.4, -0.2) is 44.7 Å². The molecule has 2 aromatic rings. The first-order valence-electron chi connectivity index (χ1n) is 9.53. The molecule has 0 unspecified atom stereocenters. The average Bonchev–Trinajstić information content (AvgIpc) is 3.05. The fourth-order valence-corrected chi connectivity index (χ4v) is 3.86. The summed E-state index contributed by atoms with van der Waals surface area (Å²) in [6, 6.07) is 5.95. The van der Waals surface area contributed by atoms with E-state index in [0.29, 0.717) is 17.9 Å². The summed E-state index contributed by atoms with van der Waals surface area (Å²) in [7, 11) is 0. The number of halogens is 3. The van der Waals surface area contributed by atoms with Crippen LogP contribution in [0, 0.1) is 12.8 Å². The largest absolute Gasteiger partial charge is 0.416 e. The van der Waals surface area contributed by atoms with Crippen LogP contribution in [0.1, 0.15) is 42.6 Å². The summed E-state index contributed by atoms with van der Waals surface area (Å²) < 4.78 is 41.2. The number of piperidine rings is 1. The first-order valence-corrected chi connectivity index (χ1v) is 9.53. The van der Waals surface area contributed by atoms with Crippen LogP contribution >= 0.6 is 0 Å². The number of hydrogen-bond donors (Lipinski definition) is 0. The molecule has 1 aromatic carbocycles. The molecule has 0 radical (unpaired) electrons. The SMILES string of the molecule is Cc1nnnn1CCCN1CCC[C@H](CCc2ccccc2C(F)(F)F)C1. The van der Waals surface area contributed by atoms with E-state index >= 15 is 0 Å². The molecule has 0 spiro atoms. The zero-order valence-electron chi connectivity index (χ0n) is 15.6. The lowest BCUT2D eigenvalue weighted by Gasteiger charge is -2.33. The van der Waals surface area contributed by atoms with E-state index in [1.165, 1.54) is 12.1 Å². The predicted octanol–water partition coefficient (Wildman–Crippen LogP) is 3.74. The summed E-state index contributed by atoms with van der Waals surface area (Å²) in [5.41, 5.74) is -0.0780. The first-order chi connectivity index (χ1) is 12.9. The van der Waals surface area contributed by atoms with Crippen LogP contribution in [0.2, 0.25) is 0 Å². The molecule has 1 atom stereocenters. The van der Waals surface area contributed by atoms with E-state index in [2.05, 4.69) is 20.4 Å². The third-order valence-electron chi connectivity index (χ3n) is 5.30. The molecule has 0 aliphatic carbocycles. The van der Waals surface area contributed by atoms with E-state index < -0.39 is 11.7 Å². The van der Waals surface area contributed by atoms with Crippen molar-refractivity contribution in [3.05, 3.63) is 41.2 Å². The number of aromatic nitrogens is 4. The van der Waals surface area contributed by atoms with Gasteiger partial charge in [0.2, 0.25) is 0 Å². The van der Waals surface area contributed by atoms with Crippen LogP contribution in [0.5, 0.6) is 0 Å². The summed E-state index contributed by atoms with van der Waals surface area (Å²) in [5.74, 6) is 1.27. The van der Waals surface area contributed by atoms with Gasteiger partial charge in [-0.2, -0.15) is 13.2 Å². The van der Waals surface area contributed by atoms with Crippen molar-refractivity contribution in [1.82, 2.24) is 25.1 Å². The highest BCUT2D eigenvalue weighted by molar-refractivity contribution is 5.29. The van der Waals surface area contributed by atoms with Gasteiger partial charge in [0.05, 0.1) is 5.56 Å². The molecular weight excluding hydrogens is 355 g/mol. The monoisotopic (exact) mass is 381 g/mol. The van der Waals surface area contributed by atoms with E-state index in [1.807, 2.05) is 6.92 Å². The number of tetrazole rings is 1. The van der Waals surface area contributed by atoms with Gasteiger partial charge in [-0.3, -0.25) is 0 Å². The molecule has 8 heteroatoms. The fraction of sp³-hybridized carbons (Fsp3) is 0.632. The van der Waals surface area contributed by atoms with Crippen molar-refractivity contribution in [2.75, 3.05) is 19.6 Å². The Kier molecular flexibility index (Phi) is 6.46. The van der Waals surface area contributed by atoms with Gasteiger partial charge in [-0.1, -0.05) is 18.2 Å². The summed E-state index contributed by atoms with van der Waals surface area (Å²) in [4.78, 5) is 2.42. The van der Waals surface area contributed by atoms with Crippen LogP contribution in [-0.2, 0) is 19.1 Å². The number of aryl methyl sites for hydroxylation is 3. The van der Waals surface area contributed by atoms with Gasteiger partial charge in [0.1, 0.15) is 5.82 Å².